The summed E-state index contributed by atoms with van der Waals surface area (Å²) in [6, 6.07) is 8.18. The van der Waals surface area contributed by atoms with Gasteiger partial charge in [-0.25, -0.2) is 0 Å². The van der Waals surface area contributed by atoms with Crippen LogP contribution < -0.4 is 10.2 Å². The molecule has 5 nitrogen and oxygen atoms in total. The molecule has 3 aliphatic rings. The molecule has 2 heterocycles. The molecule has 1 saturated carbocycles. The van der Waals surface area contributed by atoms with Gasteiger partial charge in [0.2, 0.25) is 11.8 Å². The highest BCUT2D eigenvalue weighted by Gasteiger charge is 2.35. The van der Waals surface area contributed by atoms with Gasteiger partial charge < -0.3 is 15.1 Å². The number of benzene rings is 1. The number of anilines is 2. The van der Waals surface area contributed by atoms with Crippen molar-refractivity contribution in [3.05, 3.63) is 24.3 Å². The molecule has 0 unspecified atom stereocenters. The van der Waals surface area contributed by atoms with Crippen molar-refractivity contribution in [1.29, 1.82) is 0 Å². The van der Waals surface area contributed by atoms with Crippen molar-refractivity contribution in [2.45, 2.75) is 38.5 Å². The zero-order valence-electron chi connectivity index (χ0n) is 14.7. The topological polar surface area (TPSA) is 52.7 Å². The number of amides is 2. The lowest BCUT2D eigenvalue weighted by Gasteiger charge is -2.31. The van der Waals surface area contributed by atoms with Gasteiger partial charge in [0.15, 0.2) is 0 Å². The molecular weight excluding hydrogens is 314 g/mol. The maximum Gasteiger partial charge on any atom is 0.227 e. The predicted octanol–water partition coefficient (Wildman–Crippen LogP) is 2.87. The zero-order valence-corrected chi connectivity index (χ0v) is 14.7. The van der Waals surface area contributed by atoms with Gasteiger partial charge in [0.05, 0.1) is 0 Å². The maximum absolute atomic E-state index is 12.5. The van der Waals surface area contributed by atoms with E-state index in [0.29, 0.717) is 5.91 Å². The first-order valence-corrected chi connectivity index (χ1v) is 9.65. The van der Waals surface area contributed by atoms with Crippen LogP contribution in [0.2, 0.25) is 0 Å². The molecule has 1 aliphatic carbocycles. The Bertz CT molecular complexity index is 625. The van der Waals surface area contributed by atoms with Gasteiger partial charge in [-0.15, -0.1) is 0 Å². The molecule has 1 aromatic rings. The average Bonchev–Trinajstić information content (AvgIpc) is 3.36. The van der Waals surface area contributed by atoms with Crippen molar-refractivity contribution in [2.24, 2.45) is 11.8 Å². The second-order valence-corrected chi connectivity index (χ2v) is 7.60. The third-order valence-corrected chi connectivity index (χ3v) is 5.71. The number of likely N-dealkylation sites (tertiary alicyclic amines) is 1. The molecule has 0 aromatic heterocycles. The Labute approximate surface area is 149 Å². The fourth-order valence-corrected chi connectivity index (χ4v) is 3.93. The molecule has 0 bridgehead atoms. The second-order valence-electron chi connectivity index (χ2n) is 7.60. The molecule has 2 aliphatic heterocycles. The van der Waals surface area contributed by atoms with E-state index in [0.717, 1.165) is 57.5 Å². The van der Waals surface area contributed by atoms with Crippen molar-refractivity contribution in [3.63, 3.8) is 0 Å². The largest absolute Gasteiger partial charge is 0.372 e. The lowest BCUT2D eigenvalue weighted by molar-refractivity contribution is -0.135. The van der Waals surface area contributed by atoms with E-state index >= 15 is 0 Å². The Balaban J connectivity index is 1.27. The van der Waals surface area contributed by atoms with Gasteiger partial charge in [0.25, 0.3) is 0 Å². The Kier molecular flexibility index (Phi) is 4.64. The summed E-state index contributed by atoms with van der Waals surface area (Å²) < 4.78 is 0. The first-order chi connectivity index (χ1) is 12.2. The van der Waals surface area contributed by atoms with Gasteiger partial charge in [-0.2, -0.15) is 0 Å². The number of hydrogen-bond donors (Lipinski definition) is 1. The van der Waals surface area contributed by atoms with Crippen LogP contribution in [0.15, 0.2) is 24.3 Å². The van der Waals surface area contributed by atoms with Gasteiger partial charge in [0, 0.05) is 49.4 Å². The minimum atomic E-state index is 0.0153. The van der Waals surface area contributed by atoms with Crippen LogP contribution in [0.4, 0.5) is 11.4 Å². The summed E-state index contributed by atoms with van der Waals surface area (Å²) in [5.74, 6) is 0.685. The summed E-state index contributed by atoms with van der Waals surface area (Å²) in [6.07, 6.45) is 6.17. The Hall–Kier alpha value is -2.04. The van der Waals surface area contributed by atoms with Crippen LogP contribution in [0, 0.1) is 11.8 Å². The first-order valence-electron chi connectivity index (χ1n) is 9.65. The lowest BCUT2D eigenvalue weighted by atomic mass is 9.95. The summed E-state index contributed by atoms with van der Waals surface area (Å²) in [6.45, 7) is 3.70. The molecule has 3 fully saturated rings. The van der Waals surface area contributed by atoms with Crippen LogP contribution in [0.25, 0.3) is 0 Å². The normalized spacial score (nSPS) is 21.4. The monoisotopic (exact) mass is 341 g/mol. The lowest BCUT2D eigenvalue weighted by Crippen LogP contribution is -2.42. The number of nitrogens with zero attached hydrogens (tertiary/aromatic N) is 2. The number of piperidine rings is 1. The molecule has 2 amide bonds. The van der Waals surface area contributed by atoms with E-state index in [9.17, 15) is 9.59 Å². The number of carbonyl (C=O) groups excluding carboxylic acids is 2. The van der Waals surface area contributed by atoms with E-state index in [2.05, 4.69) is 22.3 Å². The quantitative estimate of drug-likeness (QED) is 0.916. The highest BCUT2D eigenvalue weighted by atomic mass is 16.2. The molecule has 134 valence electrons. The molecule has 25 heavy (non-hydrogen) atoms. The van der Waals surface area contributed by atoms with Crippen LogP contribution in [-0.2, 0) is 9.59 Å². The number of hydrogen-bond acceptors (Lipinski definition) is 3. The second kappa shape index (κ2) is 7.06. The van der Waals surface area contributed by atoms with Gasteiger partial charge in [-0.3, -0.25) is 9.59 Å². The highest BCUT2D eigenvalue weighted by Crippen LogP contribution is 2.32. The fraction of sp³-hybridized carbons (Fsp3) is 0.600. The molecule has 0 spiro atoms. The SMILES string of the molecule is O=C(Nc1ccc(N2CCCC2)cc1)C1CCN(C(=O)C2CC2)CC1. The smallest absolute Gasteiger partial charge is 0.227 e. The van der Waals surface area contributed by atoms with Crippen molar-refractivity contribution in [1.82, 2.24) is 4.90 Å². The first kappa shape index (κ1) is 16.4. The standard InChI is InChI=1S/C20H27N3O2/c24-19(15-9-13-23(14-10-15)20(25)16-3-4-16)21-17-5-7-18(8-6-17)22-11-1-2-12-22/h5-8,15-16H,1-4,9-14H2,(H,21,24). The van der Waals surface area contributed by atoms with Gasteiger partial charge in [-0.1, -0.05) is 0 Å². The molecular formula is C20H27N3O2. The summed E-state index contributed by atoms with van der Waals surface area (Å²) >= 11 is 0. The van der Waals surface area contributed by atoms with E-state index < -0.39 is 0 Å². The summed E-state index contributed by atoms with van der Waals surface area (Å²) in [5.41, 5.74) is 2.10. The van der Waals surface area contributed by atoms with Crippen LogP contribution in [-0.4, -0.2) is 42.9 Å². The number of rotatable bonds is 4. The summed E-state index contributed by atoms with van der Waals surface area (Å²) in [4.78, 5) is 28.9. The average molecular weight is 341 g/mol. The molecule has 0 radical (unpaired) electrons. The van der Waals surface area contributed by atoms with Crippen LogP contribution in [0.1, 0.15) is 38.5 Å². The Morgan fingerprint density at radius 3 is 2.08 bits per heavy atom. The van der Waals surface area contributed by atoms with Gasteiger partial charge >= 0.3 is 0 Å². The molecule has 4 rings (SSSR count). The number of nitrogens with one attached hydrogen (secondary N) is 1. The van der Waals surface area contributed by atoms with E-state index in [-0.39, 0.29) is 17.7 Å². The van der Waals surface area contributed by atoms with E-state index in [1.165, 1.54) is 18.5 Å². The van der Waals surface area contributed by atoms with Crippen molar-refractivity contribution in [3.8, 4) is 0 Å². The summed E-state index contributed by atoms with van der Waals surface area (Å²) in [7, 11) is 0. The van der Waals surface area contributed by atoms with Crippen LogP contribution in [0.3, 0.4) is 0 Å². The minimum absolute atomic E-state index is 0.0153. The molecule has 1 aromatic carbocycles. The third kappa shape index (κ3) is 3.80. The van der Waals surface area contributed by atoms with Gasteiger partial charge in [0.1, 0.15) is 0 Å². The molecule has 1 N–H and O–H groups in total. The van der Waals surface area contributed by atoms with Gasteiger partial charge in [-0.05, 0) is 62.8 Å². The van der Waals surface area contributed by atoms with Crippen molar-refractivity contribution < 1.29 is 9.59 Å². The Morgan fingerprint density at radius 2 is 1.48 bits per heavy atom. The Morgan fingerprint density at radius 1 is 0.840 bits per heavy atom. The van der Waals surface area contributed by atoms with E-state index in [4.69, 9.17) is 0 Å². The third-order valence-electron chi connectivity index (χ3n) is 5.71. The van der Waals surface area contributed by atoms with Crippen molar-refractivity contribution >= 4 is 23.2 Å². The molecule has 5 heteroatoms. The van der Waals surface area contributed by atoms with E-state index in [1.54, 1.807) is 0 Å². The molecule has 0 atom stereocenters. The number of carbonyl (C=O) groups is 2. The summed E-state index contributed by atoms with van der Waals surface area (Å²) in [5, 5.41) is 3.05. The molecule has 2 saturated heterocycles. The highest BCUT2D eigenvalue weighted by molar-refractivity contribution is 5.93. The van der Waals surface area contributed by atoms with Crippen LogP contribution >= 0.6 is 0 Å². The maximum atomic E-state index is 12.5. The zero-order chi connectivity index (χ0) is 17.2. The van der Waals surface area contributed by atoms with Crippen LogP contribution in [0.5, 0.6) is 0 Å². The van der Waals surface area contributed by atoms with E-state index in [1.807, 2.05) is 17.0 Å². The van der Waals surface area contributed by atoms with Crippen molar-refractivity contribution in [2.75, 3.05) is 36.4 Å². The fourth-order valence-electron chi connectivity index (χ4n) is 3.93. The predicted molar refractivity (Wildman–Crippen MR) is 98.5 cm³/mol. The minimum Gasteiger partial charge on any atom is -0.372 e.